The molecule has 0 saturated heterocycles. The number of carbonyl (C=O) groups is 1. The van der Waals surface area contributed by atoms with Gasteiger partial charge in [-0.1, -0.05) is 0 Å². The van der Waals surface area contributed by atoms with Gasteiger partial charge in [0.25, 0.3) is 0 Å². The molecule has 1 aromatic heterocycles. The molecule has 0 spiro atoms. The van der Waals surface area contributed by atoms with E-state index in [-0.39, 0.29) is 5.75 Å². The molecule has 0 radical (unpaired) electrons. The van der Waals surface area contributed by atoms with Crippen molar-refractivity contribution < 1.29 is 14.7 Å². The Hall–Kier alpha value is -1.80. The number of nitrogens with zero attached hydrogens (tertiary/aromatic N) is 3. The van der Waals surface area contributed by atoms with Crippen molar-refractivity contribution in [2.45, 2.75) is 6.04 Å². The third kappa shape index (κ3) is 2.96. The fraction of sp³-hybridized carbons (Fsp3) is 0.167. The van der Waals surface area contributed by atoms with E-state index in [0.717, 1.165) is 10.2 Å². The van der Waals surface area contributed by atoms with E-state index in [4.69, 9.17) is 0 Å². The average molecular weight is 337 g/mol. The Morgan fingerprint density at radius 1 is 1.57 bits per heavy atom. The Bertz CT molecular complexity index is 795. The van der Waals surface area contributed by atoms with E-state index in [1.807, 2.05) is 5.16 Å². The predicted octanol–water partition coefficient (Wildman–Crippen LogP) is 2.42. The second-order valence-electron chi connectivity index (χ2n) is 4.02. The second kappa shape index (κ2) is 5.90. The molecule has 2 aromatic rings. The number of aromatic hydroxyl groups is 1. The first-order chi connectivity index (χ1) is 10.2. The SMILES string of the molecule is O=C(ON=C=S)[C@H]1CSC(c2nc3ccc(O)cc3s2)=N1. The molecule has 106 valence electrons. The van der Waals surface area contributed by atoms with Crippen LogP contribution in [0.15, 0.2) is 28.3 Å². The number of phenols is 1. The summed E-state index contributed by atoms with van der Waals surface area (Å²) in [4.78, 5) is 24.9. The highest BCUT2D eigenvalue weighted by Crippen LogP contribution is 2.31. The Morgan fingerprint density at radius 2 is 2.43 bits per heavy atom. The van der Waals surface area contributed by atoms with Crippen LogP contribution in [0.5, 0.6) is 5.75 Å². The van der Waals surface area contributed by atoms with Crippen LogP contribution in [0.3, 0.4) is 0 Å². The van der Waals surface area contributed by atoms with Crippen molar-refractivity contribution in [1.29, 1.82) is 0 Å². The molecule has 0 bridgehead atoms. The lowest BCUT2D eigenvalue weighted by molar-refractivity contribution is -0.144. The van der Waals surface area contributed by atoms with Gasteiger partial charge in [0.15, 0.2) is 6.04 Å². The molecule has 1 atom stereocenters. The van der Waals surface area contributed by atoms with E-state index in [1.165, 1.54) is 23.1 Å². The zero-order chi connectivity index (χ0) is 14.8. The largest absolute Gasteiger partial charge is 0.508 e. The topological polar surface area (TPSA) is 84.1 Å². The van der Waals surface area contributed by atoms with E-state index in [9.17, 15) is 9.90 Å². The van der Waals surface area contributed by atoms with Gasteiger partial charge in [-0.2, -0.15) is 0 Å². The van der Waals surface area contributed by atoms with Gasteiger partial charge in [0, 0.05) is 5.75 Å². The number of phenolic OH excluding ortho intramolecular Hbond substituents is 1. The summed E-state index contributed by atoms with van der Waals surface area (Å²) in [6, 6.07) is 4.36. The zero-order valence-corrected chi connectivity index (χ0v) is 12.8. The van der Waals surface area contributed by atoms with E-state index in [1.54, 1.807) is 18.2 Å². The fourth-order valence-electron chi connectivity index (χ4n) is 1.74. The Morgan fingerprint density at radius 3 is 3.24 bits per heavy atom. The van der Waals surface area contributed by atoms with Gasteiger partial charge in [-0.25, -0.2) is 9.78 Å². The summed E-state index contributed by atoms with van der Waals surface area (Å²) in [5, 5.41) is 16.0. The highest BCUT2D eigenvalue weighted by Gasteiger charge is 2.29. The van der Waals surface area contributed by atoms with Crippen LogP contribution >= 0.6 is 35.3 Å². The van der Waals surface area contributed by atoms with Crippen molar-refractivity contribution in [1.82, 2.24) is 4.98 Å². The minimum atomic E-state index is -0.613. The highest BCUT2D eigenvalue weighted by molar-refractivity contribution is 8.15. The smallest absolute Gasteiger partial charge is 0.361 e. The first-order valence-electron chi connectivity index (χ1n) is 5.76. The van der Waals surface area contributed by atoms with Crippen LogP contribution in [0.2, 0.25) is 0 Å². The van der Waals surface area contributed by atoms with Crippen molar-refractivity contribution in [3.8, 4) is 5.75 Å². The summed E-state index contributed by atoms with van der Waals surface area (Å²) in [6.07, 6.45) is 0. The lowest BCUT2D eigenvalue weighted by Gasteiger charge is -1.98. The number of carbonyl (C=O) groups excluding carboxylic acids is 1. The number of aromatic nitrogens is 1. The molecule has 3 rings (SSSR count). The van der Waals surface area contributed by atoms with Gasteiger partial charge in [-0.15, -0.1) is 23.1 Å². The van der Waals surface area contributed by atoms with Gasteiger partial charge in [-0.3, -0.25) is 4.99 Å². The quantitative estimate of drug-likeness (QED) is 0.401. The fourth-order valence-corrected chi connectivity index (χ4v) is 3.87. The molecule has 0 saturated carbocycles. The number of benzene rings is 1. The number of hydrogen-bond donors (Lipinski definition) is 1. The van der Waals surface area contributed by atoms with E-state index in [2.05, 4.69) is 32.2 Å². The van der Waals surface area contributed by atoms with Gasteiger partial charge < -0.3 is 9.94 Å². The maximum atomic E-state index is 11.6. The lowest BCUT2D eigenvalue weighted by atomic mass is 10.3. The number of hydrogen-bond acceptors (Lipinski definition) is 9. The molecule has 0 unspecified atom stereocenters. The van der Waals surface area contributed by atoms with Crippen molar-refractivity contribution >= 4 is 61.7 Å². The molecule has 9 heteroatoms. The number of fused-ring (bicyclic) bond motifs is 1. The summed E-state index contributed by atoms with van der Waals surface area (Å²) in [6.45, 7) is 0. The Labute approximate surface area is 132 Å². The van der Waals surface area contributed by atoms with Crippen LogP contribution in [0, 0.1) is 0 Å². The van der Waals surface area contributed by atoms with Crippen molar-refractivity contribution in [2.24, 2.45) is 10.1 Å². The van der Waals surface area contributed by atoms with Crippen LogP contribution in [0.4, 0.5) is 0 Å². The molecule has 1 N–H and O–H groups in total. The molecule has 6 nitrogen and oxygen atoms in total. The van der Waals surface area contributed by atoms with Crippen LogP contribution in [0.25, 0.3) is 10.2 Å². The first kappa shape index (κ1) is 14.2. The molecule has 1 aromatic carbocycles. The third-order valence-corrected chi connectivity index (χ3v) is 4.93. The monoisotopic (exact) mass is 337 g/mol. The average Bonchev–Trinajstić information content (AvgIpc) is 3.10. The molecule has 1 aliphatic heterocycles. The summed E-state index contributed by atoms with van der Waals surface area (Å²) < 4.78 is 0.865. The zero-order valence-electron chi connectivity index (χ0n) is 10.3. The van der Waals surface area contributed by atoms with Gasteiger partial charge in [0.1, 0.15) is 21.0 Å². The minimum absolute atomic E-state index is 0.193. The molecular formula is C12H7N3O3S3. The maximum Gasteiger partial charge on any atom is 0.361 e. The van der Waals surface area contributed by atoms with Gasteiger partial charge in [-0.05, 0) is 35.6 Å². The highest BCUT2D eigenvalue weighted by atomic mass is 32.2. The molecule has 0 aliphatic carbocycles. The molecule has 0 amide bonds. The summed E-state index contributed by atoms with van der Waals surface area (Å²) in [7, 11) is 0. The number of rotatable bonds is 3. The predicted molar refractivity (Wildman–Crippen MR) is 85.2 cm³/mol. The molecule has 21 heavy (non-hydrogen) atoms. The van der Waals surface area contributed by atoms with Gasteiger partial charge in [0.2, 0.25) is 0 Å². The standard InChI is InChI=1S/C12H7N3O3S3/c16-6-1-2-7-9(3-6)21-11(14-7)10-15-8(4-20-10)12(17)18-13-5-19/h1-3,8,16H,4H2/t8-/m1/s1. The Balaban J connectivity index is 1.85. The molecule has 0 fully saturated rings. The summed E-state index contributed by atoms with van der Waals surface area (Å²) >= 11 is 7.17. The second-order valence-corrected chi connectivity index (χ2v) is 6.25. The number of thiocarbonyl (C=S) groups is 1. The minimum Gasteiger partial charge on any atom is -0.508 e. The van der Waals surface area contributed by atoms with Crippen LogP contribution < -0.4 is 0 Å². The Kier molecular flexibility index (Phi) is 3.98. The van der Waals surface area contributed by atoms with Crippen LogP contribution in [-0.2, 0) is 9.63 Å². The number of aliphatic imine (C=N–C) groups is 1. The number of thioether (sulfide) groups is 1. The van der Waals surface area contributed by atoms with Crippen molar-refractivity contribution in [3.05, 3.63) is 23.2 Å². The normalized spacial score (nSPS) is 17.3. The first-order valence-corrected chi connectivity index (χ1v) is 7.97. The summed E-state index contributed by atoms with van der Waals surface area (Å²) in [5.74, 6) is 0.106. The maximum absolute atomic E-state index is 11.6. The summed E-state index contributed by atoms with van der Waals surface area (Å²) in [5.41, 5.74) is 0.785. The van der Waals surface area contributed by atoms with E-state index >= 15 is 0 Å². The van der Waals surface area contributed by atoms with Crippen molar-refractivity contribution in [2.75, 3.05) is 5.75 Å². The molecular weight excluding hydrogens is 330 g/mol. The van der Waals surface area contributed by atoms with Crippen LogP contribution in [-0.4, -0.2) is 38.1 Å². The number of thiazole rings is 1. The molecule has 1 aliphatic rings. The lowest BCUT2D eigenvalue weighted by Crippen LogP contribution is -2.19. The van der Waals surface area contributed by atoms with E-state index in [0.29, 0.717) is 15.8 Å². The van der Waals surface area contributed by atoms with Gasteiger partial charge >= 0.3 is 5.97 Å². The third-order valence-electron chi connectivity index (χ3n) is 2.65. The van der Waals surface area contributed by atoms with Crippen LogP contribution in [0.1, 0.15) is 5.01 Å². The number of isothiocyanates is 1. The van der Waals surface area contributed by atoms with Gasteiger partial charge in [0.05, 0.1) is 10.2 Å². The van der Waals surface area contributed by atoms with E-state index < -0.39 is 12.0 Å². The molecule has 2 heterocycles. The van der Waals surface area contributed by atoms with Crippen molar-refractivity contribution in [3.63, 3.8) is 0 Å².